The van der Waals surface area contributed by atoms with Crippen LogP contribution < -0.4 is 14.2 Å². The van der Waals surface area contributed by atoms with Gasteiger partial charge in [0.05, 0.1) is 13.2 Å². The molecule has 0 bridgehead atoms. The highest BCUT2D eigenvalue weighted by Gasteiger charge is 2.14. The molecule has 2 aromatic carbocycles. The number of rotatable bonds is 7. The van der Waals surface area contributed by atoms with Crippen LogP contribution in [0.2, 0.25) is 0 Å². The van der Waals surface area contributed by atoms with Crippen LogP contribution >= 0.6 is 0 Å². The Morgan fingerprint density at radius 2 is 1.73 bits per heavy atom. The molecule has 0 atom stereocenters. The number of ether oxygens (including phenoxy) is 3. The van der Waals surface area contributed by atoms with Crippen LogP contribution in [-0.2, 0) is 19.6 Å². The average molecular weight is 351 g/mol. The van der Waals surface area contributed by atoms with Crippen molar-refractivity contribution >= 4 is 10.9 Å². The molecule has 4 nitrogen and oxygen atoms in total. The maximum absolute atomic E-state index is 6.03. The van der Waals surface area contributed by atoms with E-state index >= 15 is 0 Å². The van der Waals surface area contributed by atoms with Crippen molar-refractivity contribution in [2.45, 2.75) is 39.8 Å². The summed E-state index contributed by atoms with van der Waals surface area (Å²) < 4.78 is 19.8. The van der Waals surface area contributed by atoms with Crippen LogP contribution in [0, 0.1) is 0 Å². The van der Waals surface area contributed by atoms with E-state index in [1.807, 2.05) is 32.0 Å². The lowest BCUT2D eigenvalue weighted by atomic mass is 10.2. The van der Waals surface area contributed by atoms with Gasteiger partial charge in [-0.15, -0.1) is 0 Å². The molecule has 0 saturated heterocycles. The minimum Gasteiger partial charge on any atom is -0.490 e. The van der Waals surface area contributed by atoms with Crippen LogP contribution in [-0.4, -0.2) is 17.8 Å². The van der Waals surface area contributed by atoms with Crippen molar-refractivity contribution in [1.82, 2.24) is 4.57 Å². The number of aryl methyl sites for hydroxylation is 2. The summed E-state index contributed by atoms with van der Waals surface area (Å²) in [7, 11) is 0. The molecule has 1 aliphatic rings. The van der Waals surface area contributed by atoms with Crippen LogP contribution in [0.3, 0.4) is 0 Å². The topological polar surface area (TPSA) is 32.6 Å². The van der Waals surface area contributed by atoms with Crippen molar-refractivity contribution in [2.24, 2.45) is 0 Å². The number of hydrogen-bond donors (Lipinski definition) is 0. The van der Waals surface area contributed by atoms with Gasteiger partial charge in [-0.3, -0.25) is 0 Å². The zero-order valence-electron chi connectivity index (χ0n) is 15.5. The highest BCUT2D eigenvalue weighted by molar-refractivity contribution is 5.83. The summed E-state index contributed by atoms with van der Waals surface area (Å²) in [5, 5.41) is 1.26. The lowest BCUT2D eigenvalue weighted by Gasteiger charge is -2.13. The van der Waals surface area contributed by atoms with Crippen LogP contribution in [0.5, 0.6) is 17.2 Å². The SMILES string of the molecule is CCOc1ccc(COc2ccc3c(c2)cc2n3CCC2)cc1OCC. The molecular weight excluding hydrogens is 326 g/mol. The Bertz CT molecular complexity index is 913. The summed E-state index contributed by atoms with van der Waals surface area (Å²) in [5.41, 5.74) is 3.81. The Labute approximate surface area is 154 Å². The van der Waals surface area contributed by atoms with Crippen LogP contribution in [0.4, 0.5) is 0 Å². The quantitative estimate of drug-likeness (QED) is 0.603. The van der Waals surface area contributed by atoms with Gasteiger partial charge in [-0.05, 0) is 68.7 Å². The van der Waals surface area contributed by atoms with E-state index < -0.39 is 0 Å². The molecular formula is C22H25NO3. The molecule has 26 heavy (non-hydrogen) atoms. The predicted octanol–water partition coefficient (Wildman–Crippen LogP) is 4.96. The molecule has 1 aromatic heterocycles. The van der Waals surface area contributed by atoms with E-state index in [9.17, 15) is 0 Å². The third-order valence-electron chi connectivity index (χ3n) is 4.79. The standard InChI is InChI=1S/C22H25NO3/c1-3-24-21-10-7-16(12-22(21)25-4-2)15-26-19-8-9-20-17(14-19)13-18-6-5-11-23(18)20/h7-10,12-14H,3-6,11,15H2,1-2H3. The second-order valence-electron chi connectivity index (χ2n) is 6.55. The fourth-order valence-electron chi connectivity index (χ4n) is 3.64. The van der Waals surface area contributed by atoms with Crippen LogP contribution in [0.1, 0.15) is 31.5 Å². The van der Waals surface area contributed by atoms with E-state index in [1.54, 1.807) is 0 Å². The fourth-order valence-corrected chi connectivity index (χ4v) is 3.64. The van der Waals surface area contributed by atoms with E-state index in [0.717, 1.165) is 29.4 Å². The third-order valence-corrected chi connectivity index (χ3v) is 4.79. The Kier molecular flexibility index (Phi) is 4.74. The zero-order chi connectivity index (χ0) is 17.9. The third kappa shape index (κ3) is 3.24. The summed E-state index contributed by atoms with van der Waals surface area (Å²) in [6.07, 6.45) is 2.43. The van der Waals surface area contributed by atoms with E-state index in [-0.39, 0.29) is 0 Å². The van der Waals surface area contributed by atoms with Gasteiger partial charge in [0.1, 0.15) is 12.4 Å². The maximum atomic E-state index is 6.03. The first-order chi connectivity index (χ1) is 12.8. The van der Waals surface area contributed by atoms with Crippen molar-refractivity contribution in [3.63, 3.8) is 0 Å². The van der Waals surface area contributed by atoms with E-state index in [0.29, 0.717) is 19.8 Å². The van der Waals surface area contributed by atoms with Gasteiger partial charge in [0.25, 0.3) is 0 Å². The van der Waals surface area contributed by atoms with Crippen molar-refractivity contribution in [2.75, 3.05) is 13.2 Å². The molecule has 0 radical (unpaired) electrons. The van der Waals surface area contributed by atoms with E-state index in [4.69, 9.17) is 14.2 Å². The molecule has 136 valence electrons. The fraction of sp³-hybridized carbons (Fsp3) is 0.364. The van der Waals surface area contributed by atoms with Gasteiger partial charge < -0.3 is 18.8 Å². The van der Waals surface area contributed by atoms with Crippen molar-refractivity contribution in [1.29, 1.82) is 0 Å². The molecule has 4 rings (SSSR count). The first kappa shape index (κ1) is 16.8. The molecule has 0 N–H and O–H groups in total. The second kappa shape index (κ2) is 7.32. The highest BCUT2D eigenvalue weighted by atomic mass is 16.5. The summed E-state index contributed by atoms with van der Waals surface area (Å²) in [5.74, 6) is 2.45. The van der Waals surface area contributed by atoms with Gasteiger partial charge in [-0.25, -0.2) is 0 Å². The lowest BCUT2D eigenvalue weighted by Crippen LogP contribution is -2.01. The van der Waals surface area contributed by atoms with Crippen LogP contribution in [0.15, 0.2) is 42.5 Å². The lowest BCUT2D eigenvalue weighted by molar-refractivity contribution is 0.283. The van der Waals surface area contributed by atoms with E-state index in [1.165, 1.54) is 29.4 Å². The summed E-state index contributed by atoms with van der Waals surface area (Å²) in [4.78, 5) is 0. The van der Waals surface area contributed by atoms with Crippen LogP contribution in [0.25, 0.3) is 10.9 Å². The molecule has 2 heterocycles. The Hall–Kier alpha value is -2.62. The van der Waals surface area contributed by atoms with Crippen molar-refractivity contribution < 1.29 is 14.2 Å². The molecule has 4 heteroatoms. The molecule has 3 aromatic rings. The Balaban J connectivity index is 1.50. The summed E-state index contributed by atoms with van der Waals surface area (Å²) >= 11 is 0. The monoisotopic (exact) mass is 351 g/mol. The van der Waals surface area contributed by atoms with Crippen molar-refractivity contribution in [3.05, 3.63) is 53.7 Å². The van der Waals surface area contributed by atoms with Gasteiger partial charge in [-0.1, -0.05) is 6.07 Å². The molecule has 0 amide bonds. The van der Waals surface area contributed by atoms with Gasteiger partial charge in [0, 0.05) is 23.1 Å². The molecule has 0 saturated carbocycles. The minimum atomic E-state index is 0.506. The Morgan fingerprint density at radius 1 is 0.885 bits per heavy atom. The predicted molar refractivity (Wildman–Crippen MR) is 103 cm³/mol. The van der Waals surface area contributed by atoms with Gasteiger partial charge in [0.2, 0.25) is 0 Å². The molecule has 0 unspecified atom stereocenters. The van der Waals surface area contributed by atoms with Crippen molar-refractivity contribution in [3.8, 4) is 17.2 Å². The molecule has 0 aliphatic carbocycles. The second-order valence-corrected chi connectivity index (χ2v) is 6.55. The average Bonchev–Trinajstić information content (AvgIpc) is 3.23. The molecule has 0 spiro atoms. The van der Waals surface area contributed by atoms with Gasteiger partial charge in [0.15, 0.2) is 11.5 Å². The van der Waals surface area contributed by atoms with Gasteiger partial charge in [-0.2, -0.15) is 0 Å². The first-order valence-electron chi connectivity index (χ1n) is 9.42. The first-order valence-corrected chi connectivity index (χ1v) is 9.42. The number of aromatic nitrogens is 1. The minimum absolute atomic E-state index is 0.506. The number of hydrogen-bond acceptors (Lipinski definition) is 3. The summed E-state index contributed by atoms with van der Waals surface area (Å²) in [6.45, 7) is 6.82. The smallest absolute Gasteiger partial charge is 0.161 e. The Morgan fingerprint density at radius 3 is 2.58 bits per heavy atom. The van der Waals surface area contributed by atoms with Gasteiger partial charge >= 0.3 is 0 Å². The summed E-state index contributed by atoms with van der Waals surface area (Å²) in [6, 6.07) is 14.6. The normalized spacial score (nSPS) is 13.0. The zero-order valence-corrected chi connectivity index (χ0v) is 15.5. The highest BCUT2D eigenvalue weighted by Crippen LogP contribution is 2.31. The molecule has 0 fully saturated rings. The number of benzene rings is 2. The number of nitrogens with zero attached hydrogens (tertiary/aromatic N) is 1. The number of fused-ring (bicyclic) bond motifs is 3. The molecule has 1 aliphatic heterocycles. The van der Waals surface area contributed by atoms with E-state index in [2.05, 4.69) is 28.8 Å². The maximum Gasteiger partial charge on any atom is 0.161 e. The largest absolute Gasteiger partial charge is 0.490 e.